The average molecular weight is 585 g/mol. The molecule has 11 heteroatoms. The molecule has 0 spiro atoms. The van der Waals surface area contributed by atoms with Gasteiger partial charge in [0.15, 0.2) is 12.9 Å². The number of para-hydroxylation sites is 1. The summed E-state index contributed by atoms with van der Waals surface area (Å²) in [6.07, 6.45) is 0.557. The Morgan fingerprint density at radius 2 is 1.78 bits per heavy atom. The topological polar surface area (TPSA) is 127 Å². The van der Waals surface area contributed by atoms with E-state index in [0.29, 0.717) is 25.2 Å². The number of ether oxygens (including phenoxy) is 3. The number of amides is 3. The Morgan fingerprint density at radius 1 is 1.02 bits per heavy atom. The van der Waals surface area contributed by atoms with E-state index in [1.807, 2.05) is 64.1 Å². The fourth-order valence-electron chi connectivity index (χ4n) is 4.79. The van der Waals surface area contributed by atoms with Crippen molar-refractivity contribution >= 4 is 40.9 Å². The van der Waals surface area contributed by atoms with Crippen LogP contribution in [0.25, 0.3) is 0 Å². The highest BCUT2D eigenvalue weighted by atomic mass is 32.2. The van der Waals surface area contributed by atoms with Crippen LogP contribution in [-0.2, 0) is 23.9 Å². The number of hydrogen-bond donors (Lipinski definition) is 4. The van der Waals surface area contributed by atoms with E-state index >= 15 is 0 Å². The molecule has 4 N–H and O–H groups in total. The monoisotopic (exact) mass is 584 g/mol. The number of nitrogens with one attached hydrogen (secondary N) is 4. The Bertz CT molecular complexity index is 1240. The molecule has 2 aliphatic heterocycles. The Kier molecular flexibility index (Phi) is 10.5. The third-order valence-corrected chi connectivity index (χ3v) is 8.05. The van der Waals surface area contributed by atoms with Crippen molar-refractivity contribution in [2.24, 2.45) is 11.8 Å². The number of carbonyl (C=O) groups is 3. The molecule has 3 amide bonds. The molecule has 0 aromatic heterocycles. The van der Waals surface area contributed by atoms with E-state index in [0.717, 1.165) is 21.2 Å². The van der Waals surface area contributed by atoms with Crippen LogP contribution >= 0.6 is 11.8 Å². The minimum Gasteiger partial charge on any atom is -0.484 e. The Morgan fingerprint density at radius 3 is 2.51 bits per heavy atom. The Balaban J connectivity index is 1.33. The first-order valence-corrected chi connectivity index (χ1v) is 14.8. The zero-order valence-corrected chi connectivity index (χ0v) is 25.0. The molecular formula is C30H40N4O6S. The molecule has 10 nitrogen and oxygen atoms in total. The van der Waals surface area contributed by atoms with Gasteiger partial charge >= 0.3 is 0 Å². The number of rotatable bonds is 12. The van der Waals surface area contributed by atoms with Crippen molar-refractivity contribution in [3.63, 3.8) is 0 Å². The van der Waals surface area contributed by atoms with Gasteiger partial charge in [0.2, 0.25) is 11.8 Å². The van der Waals surface area contributed by atoms with E-state index in [9.17, 15) is 14.4 Å². The SMILES string of the molecule is COC1OCC[C@@H]1NC(=O)[C@H](CC(C)C)NC(=O)[C@H](NC(=O)COc1ccc2c(c1)Nc1ccccc1S2)C(C)C. The lowest BCUT2D eigenvalue weighted by atomic mass is 9.99. The third kappa shape index (κ3) is 8.15. The number of hydrogen-bond acceptors (Lipinski definition) is 8. The molecule has 222 valence electrons. The first kappa shape index (κ1) is 30.7. The first-order valence-electron chi connectivity index (χ1n) is 14.0. The highest BCUT2D eigenvalue weighted by Gasteiger charge is 2.34. The summed E-state index contributed by atoms with van der Waals surface area (Å²) in [5, 5.41) is 12.0. The third-order valence-electron chi connectivity index (χ3n) is 6.90. The van der Waals surface area contributed by atoms with Gasteiger partial charge in [0.1, 0.15) is 17.8 Å². The van der Waals surface area contributed by atoms with Crippen molar-refractivity contribution in [3.05, 3.63) is 42.5 Å². The quantitative estimate of drug-likeness (QED) is 0.253. The van der Waals surface area contributed by atoms with Gasteiger partial charge < -0.3 is 35.5 Å². The second-order valence-corrected chi connectivity index (χ2v) is 12.1. The minimum atomic E-state index is -0.840. The Labute approximate surface area is 245 Å². The highest BCUT2D eigenvalue weighted by Crippen LogP contribution is 2.45. The number of methoxy groups -OCH3 is 1. The van der Waals surface area contributed by atoms with Crippen LogP contribution in [0.1, 0.15) is 40.5 Å². The summed E-state index contributed by atoms with van der Waals surface area (Å²) in [6, 6.07) is 11.8. The van der Waals surface area contributed by atoms with Crippen molar-refractivity contribution in [1.82, 2.24) is 16.0 Å². The molecule has 4 atom stereocenters. The molecule has 0 saturated carbocycles. The molecule has 2 aromatic carbocycles. The van der Waals surface area contributed by atoms with Gasteiger partial charge in [-0.15, -0.1) is 0 Å². The van der Waals surface area contributed by atoms with Crippen molar-refractivity contribution in [2.45, 2.75) is 74.7 Å². The maximum atomic E-state index is 13.3. The van der Waals surface area contributed by atoms with Crippen LogP contribution in [0.15, 0.2) is 52.3 Å². The molecule has 1 unspecified atom stereocenters. The molecule has 2 aromatic rings. The average Bonchev–Trinajstić information content (AvgIpc) is 3.39. The fourth-order valence-corrected chi connectivity index (χ4v) is 5.76. The van der Waals surface area contributed by atoms with Crippen molar-refractivity contribution in [3.8, 4) is 5.75 Å². The van der Waals surface area contributed by atoms with Gasteiger partial charge in [-0.05, 0) is 48.9 Å². The van der Waals surface area contributed by atoms with Gasteiger partial charge in [-0.25, -0.2) is 0 Å². The molecule has 1 saturated heterocycles. The predicted molar refractivity (Wildman–Crippen MR) is 157 cm³/mol. The summed E-state index contributed by atoms with van der Waals surface area (Å²) in [4.78, 5) is 41.5. The molecule has 1 fully saturated rings. The minimum absolute atomic E-state index is 0.155. The molecule has 0 aliphatic carbocycles. The van der Waals surface area contributed by atoms with Crippen LogP contribution < -0.4 is 26.0 Å². The smallest absolute Gasteiger partial charge is 0.258 e. The number of anilines is 2. The summed E-state index contributed by atoms with van der Waals surface area (Å²) >= 11 is 1.67. The molecule has 2 aliphatic rings. The first-order chi connectivity index (χ1) is 19.6. The number of fused-ring (bicyclic) bond motifs is 2. The second-order valence-electron chi connectivity index (χ2n) is 11.0. The maximum Gasteiger partial charge on any atom is 0.258 e. The van der Waals surface area contributed by atoms with Gasteiger partial charge in [-0.1, -0.05) is 51.6 Å². The van der Waals surface area contributed by atoms with Crippen LogP contribution in [-0.4, -0.2) is 62.5 Å². The standard InChI is InChI=1S/C30H40N4O6S/c1-17(2)14-23(28(36)32-21-12-13-39-30(21)38-5)33-29(37)27(18(3)4)34-26(35)16-40-19-10-11-25-22(15-19)31-20-8-6-7-9-24(20)41-25/h6-11,15,17-18,21,23,27,30-31H,12-14,16H2,1-5H3,(H,32,36)(H,33,37)(H,34,35)/t21-,23-,27+,30?/m0/s1. The second kappa shape index (κ2) is 14.1. The summed E-state index contributed by atoms with van der Waals surface area (Å²) in [5.41, 5.74) is 1.92. The lowest BCUT2D eigenvalue weighted by Gasteiger charge is -2.27. The predicted octanol–water partition coefficient (Wildman–Crippen LogP) is 3.82. The van der Waals surface area contributed by atoms with Crippen molar-refractivity contribution in [2.75, 3.05) is 25.6 Å². The van der Waals surface area contributed by atoms with E-state index in [4.69, 9.17) is 14.2 Å². The van der Waals surface area contributed by atoms with Crippen molar-refractivity contribution in [1.29, 1.82) is 0 Å². The van der Waals surface area contributed by atoms with Gasteiger partial charge in [-0.3, -0.25) is 14.4 Å². The van der Waals surface area contributed by atoms with Crippen LogP contribution in [0, 0.1) is 11.8 Å². The van der Waals surface area contributed by atoms with Gasteiger partial charge in [0.05, 0.1) is 24.0 Å². The molecule has 0 bridgehead atoms. The zero-order chi connectivity index (χ0) is 29.5. The van der Waals surface area contributed by atoms with Gasteiger partial charge in [-0.2, -0.15) is 0 Å². The van der Waals surface area contributed by atoms with E-state index < -0.39 is 30.2 Å². The molecule has 41 heavy (non-hydrogen) atoms. The van der Waals surface area contributed by atoms with Gasteiger partial charge in [0.25, 0.3) is 5.91 Å². The number of benzene rings is 2. The van der Waals surface area contributed by atoms with E-state index in [-0.39, 0.29) is 30.4 Å². The molecule has 0 radical (unpaired) electrons. The zero-order valence-electron chi connectivity index (χ0n) is 24.2. The lowest BCUT2D eigenvalue weighted by Crippen LogP contribution is -2.57. The van der Waals surface area contributed by atoms with Crippen LogP contribution in [0.4, 0.5) is 11.4 Å². The summed E-state index contributed by atoms with van der Waals surface area (Å²) in [5.74, 6) is -0.677. The fraction of sp³-hybridized carbons (Fsp3) is 0.500. The molecule has 4 rings (SSSR count). The van der Waals surface area contributed by atoms with Crippen LogP contribution in [0.5, 0.6) is 5.75 Å². The van der Waals surface area contributed by atoms with Crippen LogP contribution in [0.3, 0.4) is 0 Å². The molecule has 2 heterocycles. The van der Waals surface area contributed by atoms with E-state index in [2.05, 4.69) is 27.3 Å². The number of carbonyl (C=O) groups excluding carboxylic acids is 3. The Hall–Kier alpha value is -3.28. The maximum absolute atomic E-state index is 13.3. The highest BCUT2D eigenvalue weighted by molar-refractivity contribution is 7.99. The van der Waals surface area contributed by atoms with Crippen molar-refractivity contribution < 1.29 is 28.6 Å². The summed E-state index contributed by atoms with van der Waals surface area (Å²) in [7, 11) is 1.53. The normalized spacial score (nSPS) is 19.0. The molecular weight excluding hydrogens is 544 g/mol. The van der Waals surface area contributed by atoms with E-state index in [1.54, 1.807) is 11.8 Å². The van der Waals surface area contributed by atoms with E-state index in [1.165, 1.54) is 7.11 Å². The van der Waals surface area contributed by atoms with Gasteiger partial charge in [0, 0.05) is 23.0 Å². The van der Waals surface area contributed by atoms with Crippen LogP contribution in [0.2, 0.25) is 0 Å². The summed E-state index contributed by atoms with van der Waals surface area (Å²) < 4.78 is 16.5. The lowest BCUT2D eigenvalue weighted by molar-refractivity contribution is -0.135. The summed E-state index contributed by atoms with van der Waals surface area (Å²) in [6.45, 7) is 7.88. The largest absolute Gasteiger partial charge is 0.484 e.